The Hall–Kier alpha value is -0.690. The Morgan fingerprint density at radius 3 is 2.33 bits per heavy atom. The zero-order valence-corrected chi connectivity index (χ0v) is 14.9. The summed E-state index contributed by atoms with van der Waals surface area (Å²) in [5, 5.41) is 0. The summed E-state index contributed by atoms with van der Waals surface area (Å²) in [5.41, 5.74) is 1.31. The number of rotatable bonds is 4. The van der Waals surface area contributed by atoms with Gasteiger partial charge in [-0.3, -0.25) is 0 Å². The van der Waals surface area contributed by atoms with Crippen molar-refractivity contribution in [3.63, 3.8) is 0 Å². The molecule has 21 heavy (non-hydrogen) atoms. The minimum absolute atomic E-state index is 0.374. The van der Waals surface area contributed by atoms with Crippen molar-refractivity contribution in [1.82, 2.24) is 4.31 Å². The fourth-order valence-electron chi connectivity index (χ4n) is 2.35. The van der Waals surface area contributed by atoms with Crippen LogP contribution in [0.25, 0.3) is 0 Å². The first kappa shape index (κ1) is 16.7. The smallest absolute Gasteiger partial charge is 0.243 e. The Morgan fingerprint density at radius 2 is 1.81 bits per heavy atom. The lowest BCUT2D eigenvalue weighted by Gasteiger charge is -2.31. The van der Waals surface area contributed by atoms with Crippen LogP contribution in [0.3, 0.4) is 0 Å². The topological polar surface area (TPSA) is 41.8 Å². The SMILES string of the molecule is CC(C)=CC[NH+]1CCN(S(=O)(=O)c2ccc(Br)cc2)CC1. The number of halogens is 1. The largest absolute Gasteiger partial charge is 0.329 e. The summed E-state index contributed by atoms with van der Waals surface area (Å²) in [6, 6.07) is 6.84. The molecule has 4 nitrogen and oxygen atoms in total. The van der Waals surface area contributed by atoms with Gasteiger partial charge < -0.3 is 4.90 Å². The molecule has 0 bridgehead atoms. The number of sulfonamides is 1. The Morgan fingerprint density at radius 1 is 1.24 bits per heavy atom. The molecule has 1 saturated heterocycles. The third kappa shape index (κ3) is 4.39. The van der Waals surface area contributed by atoms with Gasteiger partial charge in [0.2, 0.25) is 10.0 Å². The minimum Gasteiger partial charge on any atom is -0.329 e. The van der Waals surface area contributed by atoms with Crippen LogP contribution in [0.2, 0.25) is 0 Å². The first-order valence-corrected chi connectivity index (χ1v) is 9.35. The highest BCUT2D eigenvalue weighted by molar-refractivity contribution is 9.10. The standard InChI is InChI=1S/C15H21BrN2O2S/c1-13(2)7-8-17-9-11-18(12-10-17)21(19,20)15-5-3-14(16)4-6-15/h3-7H,8-12H2,1-2H3/p+1. The number of allylic oxidation sites excluding steroid dienone is 1. The molecule has 0 radical (unpaired) electrons. The molecule has 1 heterocycles. The van der Waals surface area contributed by atoms with E-state index in [1.807, 2.05) is 0 Å². The molecule has 1 N–H and O–H groups in total. The molecule has 0 aliphatic carbocycles. The third-order valence-electron chi connectivity index (χ3n) is 3.68. The second-order valence-corrected chi connectivity index (χ2v) is 8.45. The van der Waals surface area contributed by atoms with E-state index in [0.717, 1.165) is 24.1 Å². The Bertz CT molecular complexity index is 599. The molecule has 1 aromatic rings. The van der Waals surface area contributed by atoms with Gasteiger partial charge in [0.25, 0.3) is 0 Å². The van der Waals surface area contributed by atoms with Gasteiger partial charge in [-0.15, -0.1) is 0 Å². The summed E-state index contributed by atoms with van der Waals surface area (Å²) in [7, 11) is -3.35. The maximum Gasteiger partial charge on any atom is 0.243 e. The van der Waals surface area contributed by atoms with Crippen LogP contribution in [0.5, 0.6) is 0 Å². The molecule has 116 valence electrons. The van der Waals surface area contributed by atoms with Gasteiger partial charge in [0.15, 0.2) is 0 Å². The summed E-state index contributed by atoms with van der Waals surface area (Å²) in [4.78, 5) is 1.82. The van der Waals surface area contributed by atoms with E-state index in [0.29, 0.717) is 18.0 Å². The molecule has 2 rings (SSSR count). The van der Waals surface area contributed by atoms with Crippen molar-refractivity contribution in [2.75, 3.05) is 32.7 Å². The highest BCUT2D eigenvalue weighted by Gasteiger charge is 2.29. The van der Waals surface area contributed by atoms with Crippen LogP contribution in [0.1, 0.15) is 13.8 Å². The van der Waals surface area contributed by atoms with Gasteiger partial charge in [0.1, 0.15) is 0 Å². The van der Waals surface area contributed by atoms with Gasteiger partial charge in [-0.1, -0.05) is 21.5 Å². The van der Waals surface area contributed by atoms with Gasteiger partial charge in [-0.2, -0.15) is 4.31 Å². The van der Waals surface area contributed by atoms with Gasteiger partial charge >= 0.3 is 0 Å². The van der Waals surface area contributed by atoms with Gasteiger partial charge in [0.05, 0.1) is 37.6 Å². The average Bonchev–Trinajstić information content (AvgIpc) is 2.46. The van der Waals surface area contributed by atoms with Crippen molar-refractivity contribution in [2.24, 2.45) is 0 Å². The number of hydrogen-bond acceptors (Lipinski definition) is 2. The quantitative estimate of drug-likeness (QED) is 0.808. The minimum atomic E-state index is -3.35. The van der Waals surface area contributed by atoms with Gasteiger partial charge in [-0.05, 0) is 44.2 Å². The summed E-state index contributed by atoms with van der Waals surface area (Å²) >= 11 is 3.33. The van der Waals surface area contributed by atoms with E-state index < -0.39 is 10.0 Å². The lowest BCUT2D eigenvalue weighted by atomic mass is 10.3. The predicted molar refractivity (Wildman–Crippen MR) is 87.9 cm³/mol. The van der Waals surface area contributed by atoms with Crippen LogP contribution in [-0.2, 0) is 10.0 Å². The van der Waals surface area contributed by atoms with Crippen LogP contribution in [0.15, 0.2) is 45.3 Å². The van der Waals surface area contributed by atoms with Crippen molar-refractivity contribution in [3.8, 4) is 0 Å². The van der Waals surface area contributed by atoms with E-state index in [1.165, 1.54) is 10.5 Å². The van der Waals surface area contributed by atoms with Gasteiger partial charge in [0, 0.05) is 4.47 Å². The fourth-order valence-corrected chi connectivity index (χ4v) is 4.06. The highest BCUT2D eigenvalue weighted by atomic mass is 79.9. The van der Waals surface area contributed by atoms with Crippen LogP contribution in [0, 0.1) is 0 Å². The van der Waals surface area contributed by atoms with Crippen molar-refractivity contribution >= 4 is 26.0 Å². The van der Waals surface area contributed by atoms with Crippen molar-refractivity contribution in [1.29, 1.82) is 0 Å². The van der Waals surface area contributed by atoms with E-state index in [4.69, 9.17) is 0 Å². The van der Waals surface area contributed by atoms with Crippen molar-refractivity contribution in [2.45, 2.75) is 18.7 Å². The molecule has 0 spiro atoms. The maximum absolute atomic E-state index is 12.6. The molecule has 0 aromatic heterocycles. The van der Waals surface area contributed by atoms with Crippen molar-refractivity contribution in [3.05, 3.63) is 40.4 Å². The Kier molecular flexibility index (Phi) is 5.60. The van der Waals surface area contributed by atoms with E-state index in [9.17, 15) is 8.42 Å². The summed E-state index contributed by atoms with van der Waals surface area (Å²) in [6.07, 6.45) is 2.22. The molecule has 1 fully saturated rings. The number of hydrogen-bond donors (Lipinski definition) is 1. The van der Waals surface area contributed by atoms with Crippen LogP contribution in [0.4, 0.5) is 0 Å². The maximum atomic E-state index is 12.6. The highest BCUT2D eigenvalue weighted by Crippen LogP contribution is 2.18. The molecule has 1 aliphatic heterocycles. The Balaban J connectivity index is 2.01. The summed E-state index contributed by atoms with van der Waals surface area (Å²) in [5.74, 6) is 0. The monoisotopic (exact) mass is 373 g/mol. The molecule has 0 atom stereocenters. The zero-order chi connectivity index (χ0) is 15.5. The number of benzene rings is 1. The second-order valence-electron chi connectivity index (χ2n) is 5.59. The Labute approximate surface area is 135 Å². The molecular formula is C15H22BrN2O2S+. The molecule has 6 heteroatoms. The van der Waals surface area contributed by atoms with Gasteiger partial charge in [-0.25, -0.2) is 8.42 Å². The van der Waals surface area contributed by atoms with E-state index in [2.05, 4.69) is 35.9 Å². The predicted octanol–water partition coefficient (Wildman–Crippen LogP) is 1.30. The summed E-state index contributed by atoms with van der Waals surface area (Å²) < 4.78 is 27.6. The molecule has 0 amide bonds. The van der Waals surface area contributed by atoms with Crippen LogP contribution >= 0.6 is 15.9 Å². The molecule has 1 aliphatic rings. The fraction of sp³-hybridized carbons (Fsp3) is 0.467. The number of quaternary nitrogens is 1. The van der Waals surface area contributed by atoms with E-state index in [1.54, 1.807) is 28.6 Å². The number of nitrogens with zero attached hydrogens (tertiary/aromatic N) is 1. The number of piperazine rings is 1. The normalized spacial score (nSPS) is 17.7. The molecule has 0 saturated carbocycles. The van der Waals surface area contributed by atoms with Crippen LogP contribution in [-0.4, -0.2) is 45.4 Å². The third-order valence-corrected chi connectivity index (χ3v) is 6.12. The lowest BCUT2D eigenvalue weighted by molar-refractivity contribution is -0.897. The molecular weight excluding hydrogens is 352 g/mol. The summed E-state index contributed by atoms with van der Waals surface area (Å²) in [6.45, 7) is 8.06. The first-order valence-electron chi connectivity index (χ1n) is 7.12. The molecule has 0 unspecified atom stereocenters. The lowest BCUT2D eigenvalue weighted by Crippen LogP contribution is -3.14. The number of nitrogens with one attached hydrogen (secondary N) is 1. The van der Waals surface area contributed by atoms with Crippen LogP contribution < -0.4 is 4.90 Å². The first-order chi connectivity index (χ1) is 9.89. The molecule has 1 aromatic carbocycles. The van der Waals surface area contributed by atoms with E-state index in [-0.39, 0.29) is 0 Å². The second kappa shape index (κ2) is 7.05. The van der Waals surface area contributed by atoms with E-state index >= 15 is 0 Å². The van der Waals surface area contributed by atoms with Crippen molar-refractivity contribution < 1.29 is 13.3 Å². The zero-order valence-electron chi connectivity index (χ0n) is 12.5. The average molecular weight is 374 g/mol.